The first-order chi connectivity index (χ1) is 10.3. The summed E-state index contributed by atoms with van der Waals surface area (Å²) in [7, 11) is 0. The van der Waals surface area contributed by atoms with Gasteiger partial charge in [0.15, 0.2) is 0 Å². The maximum absolute atomic E-state index is 12.2. The molecule has 1 aliphatic carbocycles. The highest BCUT2D eigenvalue weighted by molar-refractivity contribution is 5.82. The molecule has 21 heavy (non-hydrogen) atoms. The van der Waals surface area contributed by atoms with Gasteiger partial charge < -0.3 is 10.6 Å². The third-order valence-corrected chi connectivity index (χ3v) is 4.56. The summed E-state index contributed by atoms with van der Waals surface area (Å²) in [5.74, 6) is 0.144. The number of likely N-dealkylation sites (N-methyl/N-ethyl adjacent to an activating group) is 1. The Morgan fingerprint density at radius 1 is 1.38 bits per heavy atom. The molecule has 1 unspecified atom stereocenters. The smallest absolute Gasteiger partial charge is 0.238 e. The fourth-order valence-electron chi connectivity index (χ4n) is 3.44. The first-order valence-corrected chi connectivity index (χ1v) is 8.11. The predicted molar refractivity (Wildman–Crippen MR) is 84.2 cm³/mol. The summed E-state index contributed by atoms with van der Waals surface area (Å²) in [4.78, 5) is 14.5. The van der Waals surface area contributed by atoms with E-state index in [-0.39, 0.29) is 11.9 Å². The lowest BCUT2D eigenvalue weighted by molar-refractivity contribution is -0.127. The van der Waals surface area contributed by atoms with E-state index in [0.717, 1.165) is 26.2 Å². The van der Waals surface area contributed by atoms with Gasteiger partial charge in [-0.05, 0) is 42.9 Å². The summed E-state index contributed by atoms with van der Waals surface area (Å²) in [6.45, 7) is 6.17. The molecule has 3 rings (SSSR count). The van der Waals surface area contributed by atoms with Gasteiger partial charge >= 0.3 is 0 Å². The summed E-state index contributed by atoms with van der Waals surface area (Å²) in [6.07, 6.45) is 3.73. The van der Waals surface area contributed by atoms with Gasteiger partial charge in [-0.3, -0.25) is 9.69 Å². The second kappa shape index (κ2) is 6.58. The van der Waals surface area contributed by atoms with E-state index in [2.05, 4.69) is 33.7 Å². The lowest BCUT2D eigenvalue weighted by Crippen LogP contribution is -2.57. The topological polar surface area (TPSA) is 44.4 Å². The first kappa shape index (κ1) is 14.5. The van der Waals surface area contributed by atoms with Crippen LogP contribution in [0.5, 0.6) is 0 Å². The zero-order valence-corrected chi connectivity index (χ0v) is 12.8. The number of nitrogens with one attached hydrogen (secondary N) is 2. The molecule has 0 radical (unpaired) electrons. The van der Waals surface area contributed by atoms with Crippen LogP contribution in [0.1, 0.15) is 30.0 Å². The number of fused-ring (bicyclic) bond motifs is 1. The van der Waals surface area contributed by atoms with Crippen molar-refractivity contribution in [1.29, 1.82) is 0 Å². The van der Waals surface area contributed by atoms with Crippen LogP contribution in [0.15, 0.2) is 18.2 Å². The Morgan fingerprint density at radius 2 is 2.24 bits per heavy atom. The fraction of sp³-hybridized carbons (Fsp3) is 0.588. The average Bonchev–Trinajstić information content (AvgIpc) is 2.95. The summed E-state index contributed by atoms with van der Waals surface area (Å²) in [5, 5.41) is 6.28. The minimum Gasteiger partial charge on any atom is -0.355 e. The number of carbonyl (C=O) groups is 1. The molecule has 1 saturated heterocycles. The number of hydrogen-bond donors (Lipinski definition) is 2. The van der Waals surface area contributed by atoms with Crippen LogP contribution < -0.4 is 10.6 Å². The molecular formula is C17H25N3O. The molecular weight excluding hydrogens is 262 g/mol. The average molecular weight is 287 g/mol. The fourth-order valence-corrected chi connectivity index (χ4v) is 3.44. The van der Waals surface area contributed by atoms with Crippen molar-refractivity contribution in [2.45, 2.75) is 38.8 Å². The van der Waals surface area contributed by atoms with E-state index in [1.54, 1.807) is 0 Å². The molecule has 0 aromatic heterocycles. The highest BCUT2D eigenvalue weighted by Gasteiger charge is 2.28. The number of carbonyl (C=O) groups excluding carboxylic acids is 1. The van der Waals surface area contributed by atoms with Crippen molar-refractivity contribution in [3.05, 3.63) is 34.9 Å². The number of nitrogens with zero attached hydrogens (tertiary/aromatic N) is 1. The first-order valence-electron chi connectivity index (χ1n) is 8.11. The molecule has 1 fully saturated rings. The lowest BCUT2D eigenvalue weighted by atomic mass is 10.0. The molecule has 1 atom stereocenters. The van der Waals surface area contributed by atoms with Gasteiger partial charge in [0.25, 0.3) is 0 Å². The minimum absolute atomic E-state index is 0.0491. The van der Waals surface area contributed by atoms with Gasteiger partial charge in [-0.25, -0.2) is 0 Å². The minimum atomic E-state index is -0.0491. The van der Waals surface area contributed by atoms with Gasteiger partial charge in [0.05, 0.1) is 0 Å². The molecule has 1 aliphatic heterocycles. The lowest BCUT2D eigenvalue weighted by Gasteiger charge is -2.35. The number of benzene rings is 1. The molecule has 4 heteroatoms. The zero-order valence-electron chi connectivity index (χ0n) is 12.8. The largest absolute Gasteiger partial charge is 0.355 e. The van der Waals surface area contributed by atoms with Crippen LogP contribution >= 0.6 is 0 Å². The Morgan fingerprint density at radius 3 is 3.10 bits per heavy atom. The van der Waals surface area contributed by atoms with Crippen LogP contribution in [-0.4, -0.2) is 43.0 Å². The van der Waals surface area contributed by atoms with Crippen molar-refractivity contribution >= 4 is 5.91 Å². The Kier molecular flexibility index (Phi) is 4.56. The van der Waals surface area contributed by atoms with Crippen LogP contribution in [0.2, 0.25) is 0 Å². The molecule has 0 spiro atoms. The maximum Gasteiger partial charge on any atom is 0.238 e. The van der Waals surface area contributed by atoms with Crippen LogP contribution in [0.25, 0.3) is 0 Å². The monoisotopic (exact) mass is 287 g/mol. The van der Waals surface area contributed by atoms with Crippen LogP contribution in [-0.2, 0) is 24.2 Å². The molecule has 114 valence electrons. The van der Waals surface area contributed by atoms with Gasteiger partial charge in [-0.2, -0.15) is 0 Å². The van der Waals surface area contributed by atoms with Crippen LogP contribution in [0.3, 0.4) is 0 Å². The number of piperazine rings is 1. The highest BCUT2D eigenvalue weighted by atomic mass is 16.2. The molecule has 1 aromatic rings. The molecule has 4 nitrogen and oxygen atoms in total. The number of aryl methyl sites for hydroxylation is 2. The van der Waals surface area contributed by atoms with E-state index in [1.165, 1.54) is 36.0 Å². The molecule has 0 saturated carbocycles. The third kappa shape index (κ3) is 3.27. The normalized spacial score (nSPS) is 22.0. The molecule has 0 bridgehead atoms. The Balaban J connectivity index is 1.70. The van der Waals surface area contributed by atoms with E-state index in [1.807, 2.05) is 6.92 Å². The quantitative estimate of drug-likeness (QED) is 0.871. The maximum atomic E-state index is 12.2. The molecule has 2 N–H and O–H groups in total. The summed E-state index contributed by atoms with van der Waals surface area (Å²) < 4.78 is 0. The van der Waals surface area contributed by atoms with Gasteiger partial charge in [0, 0.05) is 32.7 Å². The molecule has 2 aliphatic rings. The zero-order chi connectivity index (χ0) is 14.7. The van der Waals surface area contributed by atoms with Crippen molar-refractivity contribution in [2.75, 3.05) is 26.2 Å². The van der Waals surface area contributed by atoms with E-state index in [9.17, 15) is 4.79 Å². The number of amides is 1. The molecule has 1 amide bonds. The Bertz CT molecular complexity index is 515. The SMILES string of the molecule is CCNC(=O)C1CNCCN1Cc1ccc2c(c1)CCC2. The van der Waals surface area contributed by atoms with Crippen molar-refractivity contribution < 1.29 is 4.79 Å². The van der Waals surface area contributed by atoms with E-state index >= 15 is 0 Å². The van der Waals surface area contributed by atoms with Gasteiger partial charge in [-0.1, -0.05) is 18.2 Å². The third-order valence-electron chi connectivity index (χ3n) is 4.56. The summed E-state index contributed by atoms with van der Waals surface area (Å²) >= 11 is 0. The number of rotatable bonds is 4. The van der Waals surface area contributed by atoms with E-state index in [4.69, 9.17) is 0 Å². The van der Waals surface area contributed by atoms with Crippen LogP contribution in [0, 0.1) is 0 Å². The molecule has 1 heterocycles. The summed E-state index contributed by atoms with van der Waals surface area (Å²) in [6, 6.07) is 6.81. The van der Waals surface area contributed by atoms with E-state index in [0.29, 0.717) is 6.54 Å². The van der Waals surface area contributed by atoms with Crippen molar-refractivity contribution in [3.8, 4) is 0 Å². The van der Waals surface area contributed by atoms with Gasteiger partial charge in [0.2, 0.25) is 5.91 Å². The Hall–Kier alpha value is -1.39. The van der Waals surface area contributed by atoms with Crippen molar-refractivity contribution in [1.82, 2.24) is 15.5 Å². The van der Waals surface area contributed by atoms with Crippen molar-refractivity contribution in [2.24, 2.45) is 0 Å². The van der Waals surface area contributed by atoms with Gasteiger partial charge in [-0.15, -0.1) is 0 Å². The van der Waals surface area contributed by atoms with Crippen molar-refractivity contribution in [3.63, 3.8) is 0 Å². The van der Waals surface area contributed by atoms with Gasteiger partial charge in [0.1, 0.15) is 6.04 Å². The highest BCUT2D eigenvalue weighted by Crippen LogP contribution is 2.23. The predicted octanol–water partition coefficient (Wildman–Crippen LogP) is 1.09. The number of hydrogen-bond acceptors (Lipinski definition) is 3. The Labute approximate surface area is 126 Å². The second-order valence-corrected chi connectivity index (χ2v) is 6.04. The summed E-state index contributed by atoms with van der Waals surface area (Å²) in [5.41, 5.74) is 4.36. The standard InChI is InChI=1S/C17H25N3O/c1-2-19-17(21)16-11-18-8-9-20(16)12-13-6-7-14-4-3-5-15(14)10-13/h6-7,10,16,18H,2-5,8-9,11-12H2,1H3,(H,19,21). The second-order valence-electron chi connectivity index (χ2n) is 6.04. The van der Waals surface area contributed by atoms with Crippen LogP contribution in [0.4, 0.5) is 0 Å². The molecule has 1 aromatic carbocycles. The van der Waals surface area contributed by atoms with E-state index < -0.39 is 0 Å².